The molecule has 7 heteroatoms. The first kappa shape index (κ1) is 16.0. The molecule has 1 saturated heterocycles. The number of aromatic nitrogens is 2. The van der Waals surface area contributed by atoms with Crippen molar-refractivity contribution in [3.8, 4) is 11.3 Å². The van der Waals surface area contributed by atoms with Gasteiger partial charge in [0, 0.05) is 29.4 Å². The molecule has 3 heterocycles. The van der Waals surface area contributed by atoms with Gasteiger partial charge < -0.3 is 5.32 Å². The summed E-state index contributed by atoms with van der Waals surface area (Å²) in [5, 5.41) is 5.86. The van der Waals surface area contributed by atoms with Gasteiger partial charge in [-0.3, -0.25) is 15.2 Å². The topological polar surface area (TPSA) is 78.9 Å². The normalized spacial score (nSPS) is 20.8. The van der Waals surface area contributed by atoms with Crippen molar-refractivity contribution in [3.63, 3.8) is 0 Å². The lowest BCUT2D eigenvalue weighted by atomic mass is 9.99. The molecule has 0 saturated carbocycles. The van der Waals surface area contributed by atoms with Crippen molar-refractivity contribution < 1.29 is 4.79 Å². The molecular formula is C16H21N5OS. The molecule has 0 radical (unpaired) electrons. The lowest BCUT2D eigenvalue weighted by Crippen LogP contribution is -2.43. The summed E-state index contributed by atoms with van der Waals surface area (Å²) in [4.78, 5) is 20.8. The maximum Gasteiger partial charge on any atom is 0.238 e. The summed E-state index contributed by atoms with van der Waals surface area (Å²) < 4.78 is 0. The number of hydrogen-bond donors (Lipinski definition) is 3. The highest BCUT2D eigenvalue weighted by atomic mass is 32.1. The van der Waals surface area contributed by atoms with Gasteiger partial charge in [-0.25, -0.2) is 10.4 Å². The Morgan fingerprint density at radius 3 is 2.87 bits per heavy atom. The Morgan fingerprint density at radius 2 is 2.17 bits per heavy atom. The molecule has 3 rings (SSSR count). The smallest absolute Gasteiger partial charge is 0.238 e. The molecule has 1 aliphatic heterocycles. The van der Waals surface area contributed by atoms with Crippen LogP contribution in [0.3, 0.4) is 0 Å². The van der Waals surface area contributed by atoms with Gasteiger partial charge in [-0.15, -0.1) is 11.3 Å². The van der Waals surface area contributed by atoms with Gasteiger partial charge in [-0.05, 0) is 24.5 Å². The zero-order valence-corrected chi connectivity index (χ0v) is 14.1. The molecule has 2 aromatic heterocycles. The zero-order chi connectivity index (χ0) is 16.2. The number of pyridine rings is 1. The average molecular weight is 331 g/mol. The molecule has 6 nitrogen and oxygen atoms in total. The van der Waals surface area contributed by atoms with E-state index in [-0.39, 0.29) is 11.9 Å². The third-order valence-electron chi connectivity index (χ3n) is 4.00. The van der Waals surface area contributed by atoms with Gasteiger partial charge in [0.15, 0.2) is 0 Å². The Morgan fingerprint density at radius 1 is 1.39 bits per heavy atom. The lowest BCUT2D eigenvalue weighted by Gasteiger charge is -2.12. The number of nitrogens with one attached hydrogen (secondary N) is 3. The quantitative estimate of drug-likeness (QED) is 0.777. The van der Waals surface area contributed by atoms with E-state index in [0.29, 0.717) is 18.5 Å². The molecule has 0 bridgehead atoms. The number of hydrogen-bond acceptors (Lipinski definition) is 6. The first-order chi connectivity index (χ1) is 11.1. The Bertz CT molecular complexity index is 658. The Hall–Kier alpha value is -1.83. The van der Waals surface area contributed by atoms with Gasteiger partial charge in [0.05, 0.1) is 12.2 Å². The van der Waals surface area contributed by atoms with Crippen molar-refractivity contribution >= 4 is 17.2 Å². The van der Waals surface area contributed by atoms with Gasteiger partial charge in [0.2, 0.25) is 5.91 Å². The molecule has 122 valence electrons. The first-order valence-electron chi connectivity index (χ1n) is 7.77. The van der Waals surface area contributed by atoms with Gasteiger partial charge in [0.1, 0.15) is 11.0 Å². The number of hydrazine groups is 1. The van der Waals surface area contributed by atoms with Crippen molar-refractivity contribution in [2.45, 2.75) is 38.9 Å². The third kappa shape index (κ3) is 3.93. The van der Waals surface area contributed by atoms with Gasteiger partial charge in [0.25, 0.3) is 0 Å². The number of carbonyl (C=O) groups is 1. The highest BCUT2D eigenvalue weighted by Crippen LogP contribution is 2.21. The van der Waals surface area contributed by atoms with Crippen LogP contribution in [0.25, 0.3) is 11.3 Å². The predicted molar refractivity (Wildman–Crippen MR) is 90.5 cm³/mol. The summed E-state index contributed by atoms with van der Waals surface area (Å²) in [6.45, 7) is 4.75. The fourth-order valence-electron chi connectivity index (χ4n) is 2.52. The Balaban J connectivity index is 1.53. The van der Waals surface area contributed by atoms with Crippen molar-refractivity contribution in [3.05, 3.63) is 34.9 Å². The summed E-state index contributed by atoms with van der Waals surface area (Å²) >= 11 is 1.55. The van der Waals surface area contributed by atoms with Crippen LogP contribution < -0.4 is 16.2 Å². The van der Waals surface area contributed by atoms with Gasteiger partial charge >= 0.3 is 0 Å². The van der Waals surface area contributed by atoms with Crippen LogP contribution in [0.1, 0.15) is 25.3 Å². The molecule has 1 fully saturated rings. The number of carbonyl (C=O) groups excluding carboxylic acids is 1. The third-order valence-corrected chi connectivity index (χ3v) is 4.84. The summed E-state index contributed by atoms with van der Waals surface area (Å²) in [6, 6.07) is 4.01. The van der Waals surface area contributed by atoms with Crippen LogP contribution in [0.15, 0.2) is 29.9 Å². The summed E-state index contributed by atoms with van der Waals surface area (Å²) in [6.07, 6.45) is 4.31. The van der Waals surface area contributed by atoms with E-state index in [2.05, 4.69) is 40.0 Å². The van der Waals surface area contributed by atoms with Crippen LogP contribution in [0.2, 0.25) is 0 Å². The van der Waals surface area contributed by atoms with E-state index < -0.39 is 0 Å². The zero-order valence-electron chi connectivity index (χ0n) is 13.2. The van der Waals surface area contributed by atoms with Crippen LogP contribution in [-0.4, -0.2) is 28.0 Å². The van der Waals surface area contributed by atoms with Crippen LogP contribution in [-0.2, 0) is 11.3 Å². The first-order valence-corrected chi connectivity index (χ1v) is 8.65. The fourth-order valence-corrected chi connectivity index (χ4v) is 3.27. The predicted octanol–water partition coefficient (Wildman–Crippen LogP) is 1.71. The molecule has 0 aromatic carbocycles. The maximum absolute atomic E-state index is 12.2. The minimum Gasteiger partial charge on any atom is -0.348 e. The van der Waals surface area contributed by atoms with E-state index in [1.807, 2.05) is 17.5 Å². The Labute approximate surface area is 139 Å². The SMILES string of the molecule is CC(C)C1CC(C(=O)NCc2nc(-c3ccncc3)cs2)NN1. The minimum atomic E-state index is -0.179. The van der Waals surface area contributed by atoms with E-state index in [1.165, 1.54) is 0 Å². The maximum atomic E-state index is 12.2. The molecule has 2 aromatic rings. The van der Waals surface area contributed by atoms with Crippen molar-refractivity contribution in [2.75, 3.05) is 0 Å². The average Bonchev–Trinajstić information content (AvgIpc) is 3.23. The molecule has 2 atom stereocenters. The van der Waals surface area contributed by atoms with Crippen molar-refractivity contribution in [1.82, 2.24) is 26.1 Å². The number of thiazole rings is 1. The van der Waals surface area contributed by atoms with E-state index >= 15 is 0 Å². The molecule has 3 N–H and O–H groups in total. The minimum absolute atomic E-state index is 0.0151. The van der Waals surface area contributed by atoms with E-state index in [9.17, 15) is 4.79 Å². The number of rotatable bonds is 5. The standard InChI is InChI=1S/C16H21N5OS/c1-10(2)12-7-13(21-20-12)16(22)18-8-15-19-14(9-23-15)11-3-5-17-6-4-11/h3-6,9-10,12-13,20-21H,7-8H2,1-2H3,(H,18,22). The number of nitrogens with zero attached hydrogens (tertiary/aromatic N) is 2. The molecule has 1 aliphatic rings. The summed E-state index contributed by atoms with van der Waals surface area (Å²) in [5.41, 5.74) is 8.21. The molecule has 2 unspecified atom stereocenters. The number of amides is 1. The molecule has 1 amide bonds. The molecule has 0 spiro atoms. The highest BCUT2D eigenvalue weighted by Gasteiger charge is 2.30. The highest BCUT2D eigenvalue weighted by molar-refractivity contribution is 7.09. The fraction of sp³-hybridized carbons (Fsp3) is 0.438. The van der Waals surface area contributed by atoms with Crippen LogP contribution in [0.4, 0.5) is 0 Å². The van der Waals surface area contributed by atoms with Crippen molar-refractivity contribution in [1.29, 1.82) is 0 Å². The summed E-state index contributed by atoms with van der Waals surface area (Å²) in [5.74, 6) is 0.517. The van der Waals surface area contributed by atoms with Crippen LogP contribution >= 0.6 is 11.3 Å². The summed E-state index contributed by atoms with van der Waals surface area (Å²) in [7, 11) is 0. The van der Waals surface area contributed by atoms with E-state index in [4.69, 9.17) is 0 Å². The van der Waals surface area contributed by atoms with Gasteiger partial charge in [-0.2, -0.15) is 0 Å². The molecule has 0 aliphatic carbocycles. The lowest BCUT2D eigenvalue weighted by molar-refractivity contribution is -0.123. The van der Waals surface area contributed by atoms with E-state index in [0.717, 1.165) is 22.7 Å². The van der Waals surface area contributed by atoms with E-state index in [1.54, 1.807) is 23.7 Å². The monoisotopic (exact) mass is 331 g/mol. The van der Waals surface area contributed by atoms with Crippen LogP contribution in [0.5, 0.6) is 0 Å². The Kier molecular flexibility index (Phi) is 5.00. The molecule has 23 heavy (non-hydrogen) atoms. The van der Waals surface area contributed by atoms with Crippen LogP contribution in [0, 0.1) is 5.92 Å². The molecular weight excluding hydrogens is 310 g/mol. The second kappa shape index (κ2) is 7.16. The largest absolute Gasteiger partial charge is 0.348 e. The van der Waals surface area contributed by atoms with Crippen molar-refractivity contribution in [2.24, 2.45) is 5.92 Å². The van der Waals surface area contributed by atoms with Gasteiger partial charge in [-0.1, -0.05) is 13.8 Å². The second-order valence-corrected chi connectivity index (χ2v) is 6.95. The second-order valence-electron chi connectivity index (χ2n) is 6.01.